The van der Waals surface area contributed by atoms with Crippen molar-refractivity contribution in [3.8, 4) is 0 Å². The van der Waals surface area contributed by atoms with Gasteiger partial charge in [-0.25, -0.2) is 0 Å². The molecule has 0 saturated heterocycles. The highest BCUT2D eigenvalue weighted by atomic mass is 28.3. The van der Waals surface area contributed by atoms with Crippen molar-refractivity contribution in [3.63, 3.8) is 0 Å². The van der Waals surface area contributed by atoms with Crippen molar-refractivity contribution < 1.29 is 0 Å². The zero-order chi connectivity index (χ0) is 11.8. The number of rotatable bonds is 2. The summed E-state index contributed by atoms with van der Waals surface area (Å²) in [5.41, 5.74) is 1.36. The van der Waals surface area contributed by atoms with Crippen LogP contribution in [0.1, 0.15) is 0 Å². The second-order valence-corrected chi connectivity index (χ2v) is 10.2. The Morgan fingerprint density at radius 1 is 0.875 bits per heavy atom. The van der Waals surface area contributed by atoms with Crippen LogP contribution in [0.4, 0.5) is 5.69 Å². The van der Waals surface area contributed by atoms with Gasteiger partial charge in [-0.05, 0) is 18.5 Å². The summed E-state index contributed by atoms with van der Waals surface area (Å²) in [6.45, 7) is 7.11. The smallest absolute Gasteiger partial charge is 0.147 e. The van der Waals surface area contributed by atoms with Crippen molar-refractivity contribution in [2.45, 2.75) is 19.6 Å². The lowest BCUT2D eigenvalue weighted by Crippen LogP contribution is -2.43. The fourth-order valence-corrected chi connectivity index (χ4v) is 2.78. The maximum Gasteiger partial charge on any atom is 0.147 e. The predicted molar refractivity (Wildman–Crippen MR) is 75.7 cm³/mol. The summed E-state index contributed by atoms with van der Waals surface area (Å²) in [5, 5.41) is 2.68. The van der Waals surface area contributed by atoms with E-state index in [9.17, 15) is 0 Å². The molecule has 2 rings (SSSR count). The third-order valence-corrected chi connectivity index (χ3v) is 5.39. The van der Waals surface area contributed by atoms with E-state index in [2.05, 4.69) is 73.7 Å². The Labute approximate surface area is 98.8 Å². The SMILES string of the molecule is CN(c1cccc2ccccc12)[Si](C)(C)C. The Morgan fingerprint density at radius 3 is 2.19 bits per heavy atom. The minimum absolute atomic E-state index is 1.29. The molecule has 0 unspecified atom stereocenters. The van der Waals surface area contributed by atoms with Crippen LogP contribution in [-0.4, -0.2) is 15.3 Å². The molecule has 16 heavy (non-hydrogen) atoms. The lowest BCUT2D eigenvalue weighted by molar-refractivity contribution is 1.26. The molecule has 2 aromatic rings. The van der Waals surface area contributed by atoms with Crippen LogP contribution >= 0.6 is 0 Å². The summed E-state index contributed by atoms with van der Waals surface area (Å²) in [6, 6.07) is 15.1. The number of fused-ring (bicyclic) bond motifs is 1. The maximum atomic E-state index is 2.47. The molecule has 0 aliphatic rings. The van der Waals surface area contributed by atoms with Crippen LogP contribution in [0.5, 0.6) is 0 Å². The molecule has 2 heteroatoms. The second kappa shape index (κ2) is 3.94. The standard InChI is InChI=1S/C14H19NSi/c1-15(16(2,3)4)14-11-7-9-12-8-5-6-10-13(12)14/h5-11H,1-4H3. The number of hydrogen-bond donors (Lipinski definition) is 0. The highest BCUT2D eigenvalue weighted by Gasteiger charge is 2.21. The number of anilines is 1. The predicted octanol–water partition coefficient (Wildman–Crippen LogP) is 4.11. The highest BCUT2D eigenvalue weighted by molar-refractivity contribution is 6.79. The lowest BCUT2D eigenvalue weighted by Gasteiger charge is -2.33. The summed E-state index contributed by atoms with van der Waals surface area (Å²) in [5.74, 6) is 0. The molecule has 2 aromatic carbocycles. The Hall–Kier alpha value is -1.28. The molecule has 0 spiro atoms. The Balaban J connectivity index is 2.61. The fourth-order valence-electron chi connectivity index (χ4n) is 1.86. The first-order chi connectivity index (χ1) is 7.50. The monoisotopic (exact) mass is 229 g/mol. The van der Waals surface area contributed by atoms with E-state index in [0.29, 0.717) is 0 Å². The van der Waals surface area contributed by atoms with Gasteiger partial charge in [-0.15, -0.1) is 0 Å². The van der Waals surface area contributed by atoms with E-state index in [4.69, 9.17) is 0 Å². The molecule has 0 N–H and O–H groups in total. The zero-order valence-corrected chi connectivity index (χ0v) is 11.5. The van der Waals surface area contributed by atoms with Crippen LogP contribution in [0.3, 0.4) is 0 Å². The van der Waals surface area contributed by atoms with Gasteiger partial charge in [0, 0.05) is 11.1 Å². The van der Waals surface area contributed by atoms with E-state index in [1.54, 1.807) is 0 Å². The molecule has 0 aromatic heterocycles. The molecule has 0 bridgehead atoms. The molecule has 0 heterocycles. The third kappa shape index (κ3) is 1.98. The second-order valence-electron chi connectivity index (χ2n) is 5.23. The molecule has 0 radical (unpaired) electrons. The first-order valence-corrected chi connectivity index (χ1v) is 9.16. The van der Waals surface area contributed by atoms with E-state index >= 15 is 0 Å². The van der Waals surface area contributed by atoms with Gasteiger partial charge in [-0.3, -0.25) is 0 Å². The average molecular weight is 229 g/mol. The molecule has 0 fully saturated rings. The van der Waals surface area contributed by atoms with Gasteiger partial charge in [0.15, 0.2) is 0 Å². The molecule has 0 aliphatic heterocycles. The summed E-state index contributed by atoms with van der Waals surface area (Å²) in [7, 11) is 0.931. The molecule has 84 valence electrons. The number of hydrogen-bond acceptors (Lipinski definition) is 1. The van der Waals surface area contributed by atoms with Crippen molar-refractivity contribution in [1.29, 1.82) is 0 Å². The van der Waals surface area contributed by atoms with Crippen LogP contribution in [0.25, 0.3) is 10.8 Å². The van der Waals surface area contributed by atoms with Crippen LogP contribution in [-0.2, 0) is 0 Å². The van der Waals surface area contributed by atoms with Gasteiger partial charge in [0.25, 0.3) is 0 Å². The van der Waals surface area contributed by atoms with Crippen molar-refractivity contribution in [2.24, 2.45) is 0 Å². The fraction of sp³-hybridized carbons (Fsp3) is 0.286. The van der Waals surface area contributed by atoms with E-state index in [1.807, 2.05) is 0 Å². The maximum absolute atomic E-state index is 2.47. The lowest BCUT2D eigenvalue weighted by atomic mass is 10.1. The van der Waals surface area contributed by atoms with Crippen LogP contribution in [0, 0.1) is 0 Å². The van der Waals surface area contributed by atoms with Crippen molar-refractivity contribution in [3.05, 3.63) is 42.5 Å². The van der Waals surface area contributed by atoms with E-state index < -0.39 is 8.24 Å². The number of nitrogens with zero attached hydrogens (tertiary/aromatic N) is 1. The van der Waals surface area contributed by atoms with Gasteiger partial charge in [-0.2, -0.15) is 0 Å². The van der Waals surface area contributed by atoms with Gasteiger partial charge in [0.1, 0.15) is 8.24 Å². The molecule has 0 amide bonds. The highest BCUT2D eigenvalue weighted by Crippen LogP contribution is 2.28. The summed E-state index contributed by atoms with van der Waals surface area (Å²) < 4.78 is 2.47. The Bertz CT molecular complexity index is 494. The first-order valence-electron chi connectivity index (χ1n) is 5.72. The van der Waals surface area contributed by atoms with Gasteiger partial charge in [0.2, 0.25) is 0 Å². The summed E-state index contributed by atoms with van der Waals surface area (Å²) >= 11 is 0. The minimum Gasteiger partial charge on any atom is -0.400 e. The van der Waals surface area contributed by atoms with Crippen LogP contribution < -0.4 is 4.57 Å². The number of benzene rings is 2. The minimum atomic E-state index is -1.29. The first kappa shape index (κ1) is 11.2. The van der Waals surface area contributed by atoms with E-state index in [0.717, 1.165) is 0 Å². The molecule has 0 saturated carbocycles. The summed E-state index contributed by atoms with van der Waals surface area (Å²) in [4.78, 5) is 0. The average Bonchev–Trinajstić information content (AvgIpc) is 2.26. The van der Waals surface area contributed by atoms with Gasteiger partial charge < -0.3 is 4.57 Å². The normalized spacial score (nSPS) is 11.8. The molecule has 1 nitrogen and oxygen atoms in total. The van der Waals surface area contributed by atoms with Crippen LogP contribution in [0.2, 0.25) is 19.6 Å². The molecular formula is C14H19NSi. The topological polar surface area (TPSA) is 3.24 Å². The van der Waals surface area contributed by atoms with Gasteiger partial charge >= 0.3 is 0 Å². The van der Waals surface area contributed by atoms with Gasteiger partial charge in [-0.1, -0.05) is 56.0 Å². The molecule has 0 atom stereocenters. The largest absolute Gasteiger partial charge is 0.400 e. The summed E-state index contributed by atoms with van der Waals surface area (Å²) in [6.07, 6.45) is 0. The zero-order valence-electron chi connectivity index (χ0n) is 10.5. The quantitative estimate of drug-likeness (QED) is 0.700. The molecular weight excluding hydrogens is 210 g/mol. The van der Waals surface area contributed by atoms with Crippen molar-refractivity contribution >= 4 is 24.7 Å². The van der Waals surface area contributed by atoms with E-state index in [1.165, 1.54) is 16.5 Å². The van der Waals surface area contributed by atoms with Crippen LogP contribution in [0.15, 0.2) is 42.5 Å². The van der Waals surface area contributed by atoms with Crippen molar-refractivity contribution in [1.82, 2.24) is 0 Å². The molecule has 0 aliphatic carbocycles. The Morgan fingerprint density at radius 2 is 1.50 bits per heavy atom. The van der Waals surface area contributed by atoms with Gasteiger partial charge in [0.05, 0.1) is 0 Å². The van der Waals surface area contributed by atoms with Crippen molar-refractivity contribution in [2.75, 3.05) is 11.6 Å². The third-order valence-electron chi connectivity index (χ3n) is 3.13. The van der Waals surface area contributed by atoms with E-state index in [-0.39, 0.29) is 0 Å². The Kier molecular flexibility index (Phi) is 2.76.